The molecule has 1 aliphatic heterocycles. The quantitative estimate of drug-likeness (QED) is 0.673. The lowest BCUT2D eigenvalue weighted by atomic mass is 10.1. The van der Waals surface area contributed by atoms with E-state index in [1.54, 1.807) is 0 Å². The van der Waals surface area contributed by atoms with Gasteiger partial charge in [0.2, 0.25) is 6.79 Å². The van der Waals surface area contributed by atoms with Crippen molar-refractivity contribution in [2.75, 3.05) is 26.6 Å². The van der Waals surface area contributed by atoms with Gasteiger partial charge in [-0.15, -0.1) is 0 Å². The topological polar surface area (TPSA) is 39.7 Å². The van der Waals surface area contributed by atoms with Crippen LogP contribution in [0.3, 0.4) is 0 Å². The molecule has 0 aromatic heterocycles. The molecule has 0 radical (unpaired) electrons. The van der Waals surface area contributed by atoms with Gasteiger partial charge in [0.05, 0.1) is 0 Å². The summed E-state index contributed by atoms with van der Waals surface area (Å²) in [7, 11) is 0. The number of aryl methyl sites for hydroxylation is 1. The minimum absolute atomic E-state index is 0.344. The molecule has 0 fully saturated rings. The van der Waals surface area contributed by atoms with Crippen LogP contribution in [0.4, 0.5) is 0 Å². The second-order valence-corrected chi connectivity index (χ2v) is 5.55. The van der Waals surface area contributed by atoms with Crippen LogP contribution in [0, 0.1) is 0 Å². The molecule has 4 heteroatoms. The summed E-state index contributed by atoms with van der Waals surface area (Å²) in [6, 6.07) is 6.73. The van der Waals surface area contributed by atoms with Gasteiger partial charge in [0.15, 0.2) is 11.5 Å². The zero-order chi connectivity index (χ0) is 14.9. The minimum Gasteiger partial charge on any atom is -0.454 e. The first-order valence-corrected chi connectivity index (χ1v) is 7.99. The van der Waals surface area contributed by atoms with Crippen LogP contribution >= 0.6 is 0 Å². The first-order chi connectivity index (χ1) is 10.3. The molecule has 1 aliphatic rings. The molecule has 118 valence electrons. The molecule has 1 aromatic rings. The van der Waals surface area contributed by atoms with E-state index in [4.69, 9.17) is 14.2 Å². The Morgan fingerprint density at radius 3 is 2.95 bits per heavy atom. The molecule has 2 rings (SSSR count). The van der Waals surface area contributed by atoms with E-state index < -0.39 is 0 Å². The van der Waals surface area contributed by atoms with Crippen molar-refractivity contribution in [1.82, 2.24) is 5.32 Å². The molecule has 21 heavy (non-hydrogen) atoms. The van der Waals surface area contributed by atoms with Gasteiger partial charge >= 0.3 is 0 Å². The Balaban J connectivity index is 1.59. The molecule has 4 nitrogen and oxygen atoms in total. The fourth-order valence-corrected chi connectivity index (χ4v) is 2.35. The molecular formula is C17H27NO3. The average molecular weight is 293 g/mol. The highest BCUT2D eigenvalue weighted by Crippen LogP contribution is 2.32. The molecule has 0 amide bonds. The third kappa shape index (κ3) is 5.56. The Labute approximate surface area is 127 Å². The van der Waals surface area contributed by atoms with E-state index in [1.807, 2.05) is 6.07 Å². The Kier molecular flexibility index (Phi) is 6.83. The first-order valence-electron chi connectivity index (χ1n) is 7.99. The van der Waals surface area contributed by atoms with Crippen molar-refractivity contribution in [2.45, 2.75) is 45.6 Å². The van der Waals surface area contributed by atoms with Crippen LogP contribution in [0.5, 0.6) is 11.5 Å². The molecule has 1 unspecified atom stereocenters. The summed E-state index contributed by atoms with van der Waals surface area (Å²) in [5, 5.41) is 3.55. The van der Waals surface area contributed by atoms with Crippen LogP contribution in [0.2, 0.25) is 0 Å². The van der Waals surface area contributed by atoms with Gasteiger partial charge in [0.25, 0.3) is 0 Å². The highest BCUT2D eigenvalue weighted by molar-refractivity contribution is 5.44. The number of ether oxygens (including phenoxy) is 3. The Morgan fingerprint density at radius 2 is 2.10 bits per heavy atom. The summed E-state index contributed by atoms with van der Waals surface area (Å²) in [5.41, 5.74) is 1.30. The molecule has 1 heterocycles. The number of hydrogen-bond donors (Lipinski definition) is 1. The molecule has 0 saturated heterocycles. The van der Waals surface area contributed by atoms with Gasteiger partial charge in [0, 0.05) is 19.3 Å². The van der Waals surface area contributed by atoms with E-state index in [1.165, 1.54) is 5.56 Å². The average Bonchev–Trinajstić information content (AvgIpc) is 2.96. The minimum atomic E-state index is 0.344. The lowest BCUT2D eigenvalue weighted by Gasteiger charge is -2.14. The largest absolute Gasteiger partial charge is 0.454 e. The maximum atomic E-state index is 5.47. The number of rotatable bonds is 10. The van der Waals surface area contributed by atoms with Gasteiger partial charge in [-0.2, -0.15) is 0 Å². The van der Waals surface area contributed by atoms with Crippen molar-refractivity contribution in [3.8, 4) is 11.5 Å². The molecule has 0 bridgehead atoms. The third-order valence-corrected chi connectivity index (χ3v) is 3.61. The fraction of sp³-hybridized carbons (Fsp3) is 0.647. The van der Waals surface area contributed by atoms with E-state index in [-0.39, 0.29) is 0 Å². The van der Waals surface area contributed by atoms with Crippen molar-refractivity contribution in [3.05, 3.63) is 23.8 Å². The zero-order valence-corrected chi connectivity index (χ0v) is 13.2. The van der Waals surface area contributed by atoms with Gasteiger partial charge in [-0.3, -0.25) is 0 Å². The van der Waals surface area contributed by atoms with Crippen LogP contribution in [-0.4, -0.2) is 32.6 Å². The Morgan fingerprint density at radius 1 is 1.24 bits per heavy atom. The second-order valence-electron chi connectivity index (χ2n) is 5.55. The van der Waals surface area contributed by atoms with E-state index >= 15 is 0 Å². The normalized spacial score (nSPS) is 14.4. The number of benzene rings is 1. The van der Waals surface area contributed by atoms with Crippen molar-refractivity contribution < 1.29 is 14.2 Å². The van der Waals surface area contributed by atoms with Gasteiger partial charge in [-0.05, 0) is 56.8 Å². The maximum Gasteiger partial charge on any atom is 0.231 e. The van der Waals surface area contributed by atoms with Crippen LogP contribution in [0.25, 0.3) is 0 Å². The van der Waals surface area contributed by atoms with E-state index in [0.717, 1.165) is 56.9 Å². The van der Waals surface area contributed by atoms with Gasteiger partial charge in [-0.1, -0.05) is 13.0 Å². The fourth-order valence-electron chi connectivity index (χ4n) is 2.35. The summed E-state index contributed by atoms with van der Waals surface area (Å²) in [6.07, 6.45) is 4.35. The molecule has 1 aromatic carbocycles. The Bertz CT molecular complexity index is 422. The molecule has 1 atom stereocenters. The molecule has 1 N–H and O–H groups in total. The standard InChI is InChI=1S/C17H27NO3/c1-3-10-19-11-4-9-18-14(2)5-6-15-7-8-16-17(12-15)21-13-20-16/h7-8,12,14,18H,3-6,9-11,13H2,1-2H3. The van der Waals surface area contributed by atoms with E-state index in [0.29, 0.717) is 12.8 Å². The summed E-state index contributed by atoms with van der Waals surface area (Å²) in [4.78, 5) is 0. The highest BCUT2D eigenvalue weighted by Gasteiger charge is 2.13. The van der Waals surface area contributed by atoms with Crippen molar-refractivity contribution >= 4 is 0 Å². The van der Waals surface area contributed by atoms with E-state index in [2.05, 4.69) is 31.3 Å². The Hall–Kier alpha value is -1.26. The first kappa shape index (κ1) is 16.1. The molecule has 0 saturated carbocycles. The van der Waals surface area contributed by atoms with E-state index in [9.17, 15) is 0 Å². The smallest absolute Gasteiger partial charge is 0.231 e. The summed E-state index contributed by atoms with van der Waals surface area (Å²) in [6.45, 7) is 7.47. The third-order valence-electron chi connectivity index (χ3n) is 3.61. The summed E-state index contributed by atoms with van der Waals surface area (Å²) < 4.78 is 16.2. The van der Waals surface area contributed by atoms with Crippen molar-refractivity contribution in [3.63, 3.8) is 0 Å². The van der Waals surface area contributed by atoms with Crippen molar-refractivity contribution in [2.24, 2.45) is 0 Å². The SMILES string of the molecule is CCCOCCCNC(C)CCc1ccc2c(c1)OCO2. The van der Waals surface area contributed by atoms with Crippen LogP contribution < -0.4 is 14.8 Å². The second kappa shape index (κ2) is 8.90. The number of fused-ring (bicyclic) bond motifs is 1. The van der Waals surface area contributed by atoms with Crippen LogP contribution in [0.1, 0.15) is 38.7 Å². The van der Waals surface area contributed by atoms with Crippen molar-refractivity contribution in [1.29, 1.82) is 0 Å². The summed E-state index contributed by atoms with van der Waals surface area (Å²) >= 11 is 0. The predicted octanol–water partition coefficient (Wildman–Crippen LogP) is 3.14. The van der Waals surface area contributed by atoms with Crippen LogP contribution in [-0.2, 0) is 11.2 Å². The lowest BCUT2D eigenvalue weighted by molar-refractivity contribution is 0.131. The monoisotopic (exact) mass is 293 g/mol. The predicted molar refractivity (Wildman–Crippen MR) is 84.1 cm³/mol. The summed E-state index contributed by atoms with van der Waals surface area (Å²) in [5.74, 6) is 1.73. The van der Waals surface area contributed by atoms with Gasteiger partial charge in [-0.25, -0.2) is 0 Å². The zero-order valence-electron chi connectivity index (χ0n) is 13.2. The van der Waals surface area contributed by atoms with Gasteiger partial charge < -0.3 is 19.5 Å². The molecule has 0 aliphatic carbocycles. The molecule has 0 spiro atoms. The molecular weight excluding hydrogens is 266 g/mol. The van der Waals surface area contributed by atoms with Crippen LogP contribution in [0.15, 0.2) is 18.2 Å². The number of hydrogen-bond acceptors (Lipinski definition) is 4. The highest BCUT2D eigenvalue weighted by atomic mass is 16.7. The lowest BCUT2D eigenvalue weighted by Crippen LogP contribution is -2.28. The maximum absolute atomic E-state index is 5.47. The number of nitrogens with one attached hydrogen (secondary N) is 1. The van der Waals surface area contributed by atoms with Gasteiger partial charge in [0.1, 0.15) is 0 Å².